The van der Waals surface area contributed by atoms with Crippen LogP contribution in [0, 0.1) is 0 Å². The summed E-state index contributed by atoms with van der Waals surface area (Å²) in [5, 5.41) is 2.85. The van der Waals surface area contributed by atoms with E-state index in [9.17, 15) is 9.59 Å². The highest BCUT2D eigenvalue weighted by Crippen LogP contribution is 2.24. The Morgan fingerprint density at radius 2 is 1.89 bits per heavy atom. The summed E-state index contributed by atoms with van der Waals surface area (Å²) in [5.41, 5.74) is 2.51. The Hall–Kier alpha value is -3.61. The monoisotopic (exact) mass is 376 g/mol. The van der Waals surface area contributed by atoms with Gasteiger partial charge in [0.25, 0.3) is 5.56 Å². The molecule has 2 aromatic carbocycles. The molecular formula is C21H20N4O3. The average molecular weight is 376 g/mol. The number of hydrogen-bond acceptors (Lipinski definition) is 4. The molecule has 2 amide bonds. The summed E-state index contributed by atoms with van der Waals surface area (Å²) < 4.78 is 5.27. The number of aromatic amines is 1. The lowest BCUT2D eigenvalue weighted by molar-refractivity contribution is 0.205. The maximum atomic E-state index is 12.7. The summed E-state index contributed by atoms with van der Waals surface area (Å²) in [4.78, 5) is 34.3. The molecule has 1 aliphatic rings. The van der Waals surface area contributed by atoms with E-state index in [1.54, 1.807) is 24.1 Å². The Kier molecular flexibility index (Phi) is 4.80. The first-order chi connectivity index (χ1) is 13.7. The standard InChI is InChI=1S/C21H20N4O3/c1-28-18-10-6-5-9-17(18)23-21(27)25-12-11-16-15(13-25)20(26)24-19(22-16)14-7-3-2-4-8-14/h2-10H,11-13H2,1H3,(H,23,27)(H,22,24,26). The van der Waals surface area contributed by atoms with Crippen molar-refractivity contribution in [3.63, 3.8) is 0 Å². The van der Waals surface area contributed by atoms with Crippen molar-refractivity contribution >= 4 is 11.7 Å². The summed E-state index contributed by atoms with van der Waals surface area (Å²) in [6.45, 7) is 0.701. The molecule has 7 nitrogen and oxygen atoms in total. The number of carbonyl (C=O) groups is 1. The SMILES string of the molecule is COc1ccccc1NC(=O)N1CCc2nc(-c3ccccc3)[nH]c(=O)c2C1. The highest BCUT2D eigenvalue weighted by Gasteiger charge is 2.25. The summed E-state index contributed by atoms with van der Waals surface area (Å²) in [6.07, 6.45) is 0.526. The molecule has 28 heavy (non-hydrogen) atoms. The fourth-order valence-electron chi connectivity index (χ4n) is 3.27. The molecule has 0 unspecified atom stereocenters. The molecule has 0 fully saturated rings. The molecule has 4 rings (SSSR count). The van der Waals surface area contributed by atoms with Gasteiger partial charge < -0.3 is 19.9 Å². The minimum Gasteiger partial charge on any atom is -0.495 e. The summed E-state index contributed by atoms with van der Waals surface area (Å²) >= 11 is 0. The van der Waals surface area contributed by atoms with Gasteiger partial charge in [0, 0.05) is 18.5 Å². The number of rotatable bonds is 3. The topological polar surface area (TPSA) is 87.3 Å². The lowest BCUT2D eigenvalue weighted by Crippen LogP contribution is -2.41. The fourth-order valence-corrected chi connectivity index (χ4v) is 3.27. The van der Waals surface area contributed by atoms with Crippen LogP contribution in [0.2, 0.25) is 0 Å². The van der Waals surface area contributed by atoms with Crippen molar-refractivity contribution in [3.05, 3.63) is 76.2 Å². The van der Waals surface area contributed by atoms with Gasteiger partial charge in [0.15, 0.2) is 0 Å². The van der Waals surface area contributed by atoms with Gasteiger partial charge in [-0.25, -0.2) is 9.78 Å². The first-order valence-electron chi connectivity index (χ1n) is 9.02. The van der Waals surface area contributed by atoms with Crippen LogP contribution in [0.3, 0.4) is 0 Å². The molecule has 0 radical (unpaired) electrons. The number of amides is 2. The van der Waals surface area contributed by atoms with Gasteiger partial charge >= 0.3 is 6.03 Å². The van der Waals surface area contributed by atoms with Crippen LogP contribution in [0.15, 0.2) is 59.4 Å². The molecule has 0 spiro atoms. The van der Waals surface area contributed by atoms with Gasteiger partial charge in [-0.05, 0) is 12.1 Å². The fraction of sp³-hybridized carbons (Fsp3) is 0.190. The van der Waals surface area contributed by atoms with Gasteiger partial charge in [0.2, 0.25) is 0 Å². The van der Waals surface area contributed by atoms with Crippen LogP contribution < -0.4 is 15.6 Å². The van der Waals surface area contributed by atoms with Crippen molar-refractivity contribution < 1.29 is 9.53 Å². The molecule has 0 saturated carbocycles. The van der Waals surface area contributed by atoms with Crippen LogP contribution in [0.25, 0.3) is 11.4 Å². The second-order valence-corrected chi connectivity index (χ2v) is 6.51. The first-order valence-corrected chi connectivity index (χ1v) is 9.02. The summed E-state index contributed by atoms with van der Waals surface area (Å²) in [5.74, 6) is 1.14. The van der Waals surface area contributed by atoms with E-state index in [1.807, 2.05) is 42.5 Å². The van der Waals surface area contributed by atoms with Crippen LogP contribution >= 0.6 is 0 Å². The summed E-state index contributed by atoms with van der Waals surface area (Å²) in [7, 11) is 1.55. The molecule has 0 atom stereocenters. The Morgan fingerprint density at radius 3 is 2.68 bits per heavy atom. The number of nitrogens with one attached hydrogen (secondary N) is 2. The normalized spacial score (nSPS) is 13.0. The van der Waals surface area contributed by atoms with E-state index in [-0.39, 0.29) is 18.1 Å². The zero-order valence-corrected chi connectivity index (χ0v) is 15.4. The molecule has 142 valence electrons. The number of H-pyrrole nitrogens is 1. The van der Waals surface area contributed by atoms with Crippen molar-refractivity contribution in [2.45, 2.75) is 13.0 Å². The van der Waals surface area contributed by atoms with Gasteiger partial charge in [-0.15, -0.1) is 0 Å². The Morgan fingerprint density at radius 1 is 1.14 bits per heavy atom. The minimum atomic E-state index is -0.276. The van der Waals surface area contributed by atoms with Crippen LogP contribution in [0.1, 0.15) is 11.3 Å². The molecule has 2 N–H and O–H groups in total. The van der Waals surface area contributed by atoms with Crippen molar-refractivity contribution in [3.8, 4) is 17.1 Å². The van der Waals surface area contributed by atoms with E-state index in [2.05, 4.69) is 15.3 Å². The number of nitrogens with zero attached hydrogens (tertiary/aromatic N) is 2. The third kappa shape index (κ3) is 3.46. The molecule has 1 aliphatic heterocycles. The predicted molar refractivity (Wildman–Crippen MR) is 106 cm³/mol. The molecular weight excluding hydrogens is 356 g/mol. The Balaban J connectivity index is 1.55. The number of hydrogen-bond donors (Lipinski definition) is 2. The van der Waals surface area contributed by atoms with Crippen molar-refractivity contribution in [1.29, 1.82) is 0 Å². The minimum absolute atomic E-state index is 0.210. The Labute approximate surface area is 162 Å². The van der Waals surface area contributed by atoms with Crippen molar-refractivity contribution in [2.75, 3.05) is 19.0 Å². The van der Waals surface area contributed by atoms with Crippen LogP contribution in [-0.2, 0) is 13.0 Å². The quantitative estimate of drug-likeness (QED) is 0.736. The van der Waals surface area contributed by atoms with Crippen molar-refractivity contribution in [1.82, 2.24) is 14.9 Å². The highest BCUT2D eigenvalue weighted by molar-refractivity contribution is 5.91. The zero-order valence-electron chi connectivity index (χ0n) is 15.4. The number of ether oxygens (including phenoxy) is 1. The Bertz CT molecular complexity index is 1060. The smallest absolute Gasteiger partial charge is 0.322 e. The number of para-hydroxylation sites is 2. The van der Waals surface area contributed by atoms with Gasteiger partial charge in [0.1, 0.15) is 11.6 Å². The maximum absolute atomic E-state index is 12.7. The van der Waals surface area contributed by atoms with E-state index in [4.69, 9.17) is 4.74 Å². The van der Waals surface area contributed by atoms with E-state index >= 15 is 0 Å². The second-order valence-electron chi connectivity index (χ2n) is 6.51. The largest absolute Gasteiger partial charge is 0.495 e. The predicted octanol–water partition coefficient (Wildman–Crippen LogP) is 3.04. The van der Waals surface area contributed by atoms with Crippen molar-refractivity contribution in [2.24, 2.45) is 0 Å². The van der Waals surface area contributed by atoms with Crippen LogP contribution in [0.4, 0.5) is 10.5 Å². The molecule has 0 saturated heterocycles. The summed E-state index contributed by atoms with van der Waals surface area (Å²) in [6, 6.07) is 16.5. The van der Waals surface area contributed by atoms with E-state index < -0.39 is 0 Å². The molecule has 2 heterocycles. The number of aromatic nitrogens is 2. The molecule has 1 aromatic heterocycles. The number of anilines is 1. The number of urea groups is 1. The third-order valence-corrected chi connectivity index (χ3v) is 4.75. The third-order valence-electron chi connectivity index (χ3n) is 4.75. The average Bonchev–Trinajstić information content (AvgIpc) is 2.74. The van der Waals surface area contributed by atoms with Gasteiger partial charge in [-0.1, -0.05) is 42.5 Å². The highest BCUT2D eigenvalue weighted by atomic mass is 16.5. The number of benzene rings is 2. The number of carbonyl (C=O) groups excluding carboxylic acids is 1. The van der Waals surface area contributed by atoms with Gasteiger partial charge in [-0.2, -0.15) is 0 Å². The number of methoxy groups -OCH3 is 1. The number of fused-ring (bicyclic) bond motifs is 1. The molecule has 7 heteroatoms. The maximum Gasteiger partial charge on any atom is 0.322 e. The lowest BCUT2D eigenvalue weighted by Gasteiger charge is -2.28. The van der Waals surface area contributed by atoms with E-state index in [1.165, 1.54) is 0 Å². The van der Waals surface area contributed by atoms with Crippen LogP contribution in [0.5, 0.6) is 5.75 Å². The van der Waals surface area contributed by atoms with E-state index in [0.29, 0.717) is 35.8 Å². The van der Waals surface area contributed by atoms with Gasteiger partial charge in [-0.3, -0.25) is 4.79 Å². The zero-order chi connectivity index (χ0) is 19.5. The van der Waals surface area contributed by atoms with Crippen LogP contribution in [-0.4, -0.2) is 34.6 Å². The first kappa shape index (κ1) is 17.8. The van der Waals surface area contributed by atoms with Gasteiger partial charge in [0.05, 0.1) is 30.6 Å². The second kappa shape index (κ2) is 7.56. The van der Waals surface area contributed by atoms with E-state index in [0.717, 1.165) is 11.3 Å². The molecule has 3 aromatic rings. The lowest BCUT2D eigenvalue weighted by atomic mass is 10.1. The molecule has 0 bridgehead atoms. The molecule has 0 aliphatic carbocycles.